The van der Waals surface area contributed by atoms with E-state index in [-0.39, 0.29) is 22.8 Å². The van der Waals surface area contributed by atoms with Crippen LogP contribution in [0.1, 0.15) is 5.56 Å². The van der Waals surface area contributed by atoms with Gasteiger partial charge in [0.25, 0.3) is 0 Å². The molecule has 1 rings (SSSR count). The maximum Gasteiger partial charge on any atom is 0.147 e. The lowest BCUT2D eigenvalue weighted by atomic mass is 10.1. The van der Waals surface area contributed by atoms with Crippen molar-refractivity contribution in [3.05, 3.63) is 30.1 Å². The van der Waals surface area contributed by atoms with Gasteiger partial charge in [0, 0.05) is 18.8 Å². The van der Waals surface area contributed by atoms with Crippen molar-refractivity contribution in [3.8, 4) is 0 Å². The summed E-state index contributed by atoms with van der Waals surface area (Å²) in [5, 5.41) is 0.426. The Bertz CT molecular complexity index is 238. The van der Waals surface area contributed by atoms with Gasteiger partial charge in [-0.2, -0.15) is 0 Å². The van der Waals surface area contributed by atoms with Gasteiger partial charge in [-0.15, -0.1) is 17.0 Å². The lowest BCUT2D eigenvalue weighted by molar-refractivity contribution is -0.115. The molecule has 2 nitrogen and oxygen atoms in total. The predicted molar refractivity (Wildman–Crippen MR) is 57.1 cm³/mol. The molecule has 0 aromatic carbocycles. The van der Waals surface area contributed by atoms with Gasteiger partial charge in [0.05, 0.1) is 5.33 Å². The fraction of sp³-hybridized carbons (Fsp3) is 0.250. The van der Waals surface area contributed by atoms with Crippen molar-refractivity contribution in [2.24, 2.45) is 0 Å². The maximum atomic E-state index is 10.9. The molecule has 0 spiro atoms. The first-order chi connectivity index (χ1) is 5.33. The van der Waals surface area contributed by atoms with Crippen molar-refractivity contribution >= 4 is 38.7 Å². The average Bonchev–Trinajstić information content (AvgIpc) is 2.06. The van der Waals surface area contributed by atoms with Gasteiger partial charge >= 0.3 is 0 Å². The highest BCUT2D eigenvalue weighted by molar-refractivity contribution is 9.09. The minimum atomic E-state index is 0. The number of aromatic nitrogens is 1. The van der Waals surface area contributed by atoms with Gasteiger partial charge in [-0.1, -0.05) is 15.9 Å². The zero-order valence-electron chi connectivity index (χ0n) is 6.37. The van der Waals surface area contributed by atoms with Crippen LogP contribution in [0.3, 0.4) is 0 Å². The standard InChI is InChI=1S/C8H8BrNO.BrH/c9-6-8(11)5-7-1-3-10-4-2-7;/h1-4H,5-6H2;1H. The van der Waals surface area contributed by atoms with Crippen LogP contribution in [0.25, 0.3) is 0 Å². The highest BCUT2D eigenvalue weighted by Crippen LogP contribution is 1.99. The molecule has 4 heteroatoms. The second-order valence-corrected chi connectivity index (χ2v) is 2.77. The number of alkyl halides is 1. The molecule has 0 aliphatic heterocycles. The van der Waals surface area contributed by atoms with Gasteiger partial charge in [0.2, 0.25) is 0 Å². The molecule has 66 valence electrons. The average molecular weight is 295 g/mol. The monoisotopic (exact) mass is 293 g/mol. The molecule has 1 aromatic rings. The number of hydrogen-bond donors (Lipinski definition) is 0. The van der Waals surface area contributed by atoms with E-state index in [0.717, 1.165) is 5.56 Å². The van der Waals surface area contributed by atoms with E-state index >= 15 is 0 Å². The minimum absolute atomic E-state index is 0. The van der Waals surface area contributed by atoms with Gasteiger partial charge < -0.3 is 0 Å². The predicted octanol–water partition coefficient (Wildman–Crippen LogP) is 2.17. The third kappa shape index (κ3) is 3.97. The summed E-state index contributed by atoms with van der Waals surface area (Å²) >= 11 is 3.11. The zero-order valence-corrected chi connectivity index (χ0v) is 9.66. The fourth-order valence-corrected chi connectivity index (χ4v) is 0.974. The molecular weight excluding hydrogens is 286 g/mol. The van der Waals surface area contributed by atoms with Gasteiger partial charge in [0.15, 0.2) is 0 Å². The molecule has 0 saturated carbocycles. The summed E-state index contributed by atoms with van der Waals surface area (Å²) in [6, 6.07) is 3.70. The Morgan fingerprint density at radius 1 is 1.42 bits per heavy atom. The molecule has 0 bridgehead atoms. The quantitative estimate of drug-likeness (QED) is 0.800. The first-order valence-corrected chi connectivity index (χ1v) is 4.41. The normalized spacial score (nSPS) is 8.75. The van der Waals surface area contributed by atoms with Crippen LogP contribution in [-0.4, -0.2) is 16.1 Å². The number of nitrogens with zero attached hydrogens (tertiary/aromatic N) is 1. The van der Waals surface area contributed by atoms with Crippen LogP contribution in [-0.2, 0) is 11.2 Å². The molecule has 1 heterocycles. The van der Waals surface area contributed by atoms with Crippen molar-refractivity contribution in [1.29, 1.82) is 0 Å². The van der Waals surface area contributed by atoms with Crippen molar-refractivity contribution < 1.29 is 4.79 Å². The Morgan fingerprint density at radius 3 is 2.50 bits per heavy atom. The summed E-state index contributed by atoms with van der Waals surface area (Å²) in [5.41, 5.74) is 1.02. The van der Waals surface area contributed by atoms with Gasteiger partial charge in [-0.25, -0.2) is 0 Å². The largest absolute Gasteiger partial charge is 0.298 e. The van der Waals surface area contributed by atoms with Crippen molar-refractivity contribution in [2.45, 2.75) is 6.42 Å². The van der Waals surface area contributed by atoms with Crippen LogP contribution < -0.4 is 0 Å². The number of carbonyl (C=O) groups excluding carboxylic acids is 1. The van der Waals surface area contributed by atoms with E-state index < -0.39 is 0 Å². The molecule has 12 heavy (non-hydrogen) atoms. The van der Waals surface area contributed by atoms with Crippen molar-refractivity contribution in [2.75, 3.05) is 5.33 Å². The van der Waals surface area contributed by atoms with E-state index in [4.69, 9.17) is 0 Å². The lowest BCUT2D eigenvalue weighted by Gasteiger charge is -1.95. The summed E-state index contributed by atoms with van der Waals surface area (Å²) in [6.45, 7) is 0. The zero-order chi connectivity index (χ0) is 8.10. The molecule has 0 aliphatic rings. The molecule has 1 aromatic heterocycles. The van der Waals surface area contributed by atoms with Crippen LogP contribution in [0.4, 0.5) is 0 Å². The van der Waals surface area contributed by atoms with Gasteiger partial charge in [-0.3, -0.25) is 9.78 Å². The minimum Gasteiger partial charge on any atom is -0.298 e. The lowest BCUT2D eigenvalue weighted by Crippen LogP contribution is -2.02. The van der Waals surface area contributed by atoms with Crippen molar-refractivity contribution in [3.63, 3.8) is 0 Å². The van der Waals surface area contributed by atoms with Gasteiger partial charge in [-0.05, 0) is 17.7 Å². The van der Waals surface area contributed by atoms with Crippen molar-refractivity contribution in [1.82, 2.24) is 4.98 Å². The smallest absolute Gasteiger partial charge is 0.147 e. The summed E-state index contributed by atoms with van der Waals surface area (Å²) in [6.07, 6.45) is 3.88. The third-order valence-corrected chi connectivity index (χ3v) is 1.93. The van der Waals surface area contributed by atoms with E-state index in [9.17, 15) is 4.79 Å². The summed E-state index contributed by atoms with van der Waals surface area (Å²) < 4.78 is 0. The number of ketones is 1. The molecule has 0 radical (unpaired) electrons. The number of halogens is 2. The first kappa shape index (κ1) is 11.8. The molecule has 0 aliphatic carbocycles. The van der Waals surface area contributed by atoms with Crippen LogP contribution in [0, 0.1) is 0 Å². The van der Waals surface area contributed by atoms with Crippen LogP contribution in [0.2, 0.25) is 0 Å². The van der Waals surface area contributed by atoms with E-state index in [2.05, 4.69) is 20.9 Å². The highest BCUT2D eigenvalue weighted by Gasteiger charge is 1.99. The molecule has 0 N–H and O–H groups in total. The number of carbonyl (C=O) groups is 1. The van der Waals surface area contributed by atoms with E-state index in [1.807, 2.05) is 12.1 Å². The third-order valence-electron chi connectivity index (χ3n) is 1.30. The van der Waals surface area contributed by atoms with E-state index in [1.54, 1.807) is 12.4 Å². The number of Topliss-reactive ketones (excluding diaryl/α,β-unsaturated/α-hetero) is 1. The number of hydrogen-bond acceptors (Lipinski definition) is 2. The molecule has 0 atom stereocenters. The molecule has 0 fully saturated rings. The summed E-state index contributed by atoms with van der Waals surface area (Å²) in [5.74, 6) is 0.191. The Kier molecular flexibility index (Phi) is 6.20. The second-order valence-electron chi connectivity index (χ2n) is 2.20. The maximum absolute atomic E-state index is 10.9. The SMILES string of the molecule is Br.O=C(CBr)Cc1ccncc1. The van der Waals surface area contributed by atoms with Gasteiger partial charge in [0.1, 0.15) is 5.78 Å². The van der Waals surface area contributed by atoms with Crippen LogP contribution in [0.5, 0.6) is 0 Å². The molecule has 0 amide bonds. The first-order valence-electron chi connectivity index (χ1n) is 3.29. The molecular formula is C8H9Br2NO. The topological polar surface area (TPSA) is 30.0 Å². The number of pyridine rings is 1. The van der Waals surface area contributed by atoms with Crippen LogP contribution >= 0.6 is 32.9 Å². The van der Waals surface area contributed by atoms with E-state index in [0.29, 0.717) is 11.8 Å². The Balaban J connectivity index is 0.00000121. The Hall–Kier alpha value is -0.220. The summed E-state index contributed by atoms with van der Waals surface area (Å²) in [4.78, 5) is 14.8. The summed E-state index contributed by atoms with van der Waals surface area (Å²) in [7, 11) is 0. The Labute approximate surface area is 90.3 Å². The molecule has 0 unspecified atom stereocenters. The highest BCUT2D eigenvalue weighted by atomic mass is 79.9. The van der Waals surface area contributed by atoms with E-state index in [1.165, 1.54) is 0 Å². The Morgan fingerprint density at radius 2 is 2.00 bits per heavy atom. The van der Waals surface area contributed by atoms with Crippen LogP contribution in [0.15, 0.2) is 24.5 Å². The molecule has 0 saturated heterocycles. The fourth-order valence-electron chi connectivity index (χ4n) is 0.776. The number of rotatable bonds is 3. The second kappa shape index (κ2) is 6.31.